The van der Waals surface area contributed by atoms with Gasteiger partial charge in [0, 0.05) is 5.56 Å². The zero-order valence-electron chi connectivity index (χ0n) is 17.1. The zero-order valence-corrected chi connectivity index (χ0v) is 17.9. The number of hydrogen-bond acceptors (Lipinski definition) is 5. The van der Waals surface area contributed by atoms with Crippen molar-refractivity contribution in [3.8, 4) is 22.6 Å². The molecule has 1 aromatic heterocycles. The van der Waals surface area contributed by atoms with Crippen LogP contribution in [0.1, 0.15) is 29.1 Å². The zero-order chi connectivity index (χ0) is 21.5. The van der Waals surface area contributed by atoms with Crippen molar-refractivity contribution in [3.63, 3.8) is 0 Å². The summed E-state index contributed by atoms with van der Waals surface area (Å²) in [5.41, 5.74) is 7.82. The number of hydrogen-bond donors (Lipinski definition) is 2. The molecule has 6 nitrogen and oxygen atoms in total. The van der Waals surface area contributed by atoms with Crippen molar-refractivity contribution in [3.05, 3.63) is 70.4 Å². The molecular weight excluding hydrogens is 400 g/mol. The summed E-state index contributed by atoms with van der Waals surface area (Å²) in [6.07, 6.45) is -0.789. The van der Waals surface area contributed by atoms with Crippen LogP contribution in [0.25, 0.3) is 11.1 Å². The molecule has 2 N–H and O–H groups in total. The summed E-state index contributed by atoms with van der Waals surface area (Å²) in [5.74, 6) is 0.440. The lowest BCUT2D eigenvalue weighted by Crippen LogP contribution is -2.47. The number of aryl methyl sites for hydroxylation is 1. The molecule has 1 heterocycles. The molecule has 0 spiro atoms. The molecule has 0 aliphatic rings. The van der Waals surface area contributed by atoms with Gasteiger partial charge in [0.2, 0.25) is 0 Å². The van der Waals surface area contributed by atoms with Crippen LogP contribution in [0, 0.1) is 6.92 Å². The van der Waals surface area contributed by atoms with Crippen LogP contribution in [0.4, 0.5) is 0 Å². The van der Waals surface area contributed by atoms with E-state index in [1.54, 1.807) is 31.2 Å². The molecule has 0 fully saturated rings. The van der Waals surface area contributed by atoms with Crippen molar-refractivity contribution in [1.82, 2.24) is 10.9 Å². The molecule has 1 atom stereocenters. The highest BCUT2D eigenvalue weighted by Gasteiger charge is 2.18. The van der Waals surface area contributed by atoms with Crippen LogP contribution in [0.5, 0.6) is 11.5 Å². The van der Waals surface area contributed by atoms with Crippen molar-refractivity contribution in [2.45, 2.75) is 26.9 Å². The number of carbonyl (C=O) groups excluding carboxylic acids is 2. The van der Waals surface area contributed by atoms with Crippen LogP contribution in [0.2, 0.25) is 0 Å². The minimum Gasteiger partial charge on any atom is -0.494 e. The largest absolute Gasteiger partial charge is 0.494 e. The fourth-order valence-electron chi connectivity index (χ4n) is 2.76. The van der Waals surface area contributed by atoms with E-state index in [-0.39, 0.29) is 5.91 Å². The van der Waals surface area contributed by atoms with Gasteiger partial charge >= 0.3 is 0 Å². The number of nitrogens with one attached hydrogen (secondary N) is 2. The van der Waals surface area contributed by atoms with Gasteiger partial charge in [-0.25, -0.2) is 0 Å². The maximum Gasteiger partial charge on any atom is 0.280 e. The van der Waals surface area contributed by atoms with Gasteiger partial charge in [-0.1, -0.05) is 29.8 Å². The average molecular weight is 425 g/mol. The number of thiophene rings is 1. The van der Waals surface area contributed by atoms with E-state index in [9.17, 15) is 9.59 Å². The highest BCUT2D eigenvalue weighted by Crippen LogP contribution is 2.28. The Morgan fingerprint density at radius 1 is 0.967 bits per heavy atom. The van der Waals surface area contributed by atoms with E-state index in [0.717, 1.165) is 22.4 Å². The third-order valence-electron chi connectivity index (χ3n) is 4.35. The summed E-state index contributed by atoms with van der Waals surface area (Å²) in [6, 6.07) is 16.8. The Labute approximate surface area is 179 Å². The molecule has 0 saturated carbocycles. The minimum atomic E-state index is -0.789. The van der Waals surface area contributed by atoms with Gasteiger partial charge in [0.05, 0.1) is 6.61 Å². The molecule has 0 saturated heterocycles. The highest BCUT2D eigenvalue weighted by atomic mass is 32.1. The lowest BCUT2D eigenvalue weighted by Gasteiger charge is -2.15. The fraction of sp³-hybridized carbons (Fsp3) is 0.217. The Morgan fingerprint density at radius 2 is 1.63 bits per heavy atom. The van der Waals surface area contributed by atoms with E-state index in [4.69, 9.17) is 9.47 Å². The molecule has 3 rings (SSSR count). The van der Waals surface area contributed by atoms with Crippen LogP contribution in [-0.4, -0.2) is 24.5 Å². The van der Waals surface area contributed by atoms with Crippen molar-refractivity contribution in [1.29, 1.82) is 0 Å². The van der Waals surface area contributed by atoms with Gasteiger partial charge < -0.3 is 9.47 Å². The predicted octanol–water partition coefficient (Wildman–Crippen LogP) is 4.35. The molecule has 2 aromatic carbocycles. The van der Waals surface area contributed by atoms with Crippen molar-refractivity contribution in [2.24, 2.45) is 0 Å². The Morgan fingerprint density at radius 3 is 2.30 bits per heavy atom. The van der Waals surface area contributed by atoms with Gasteiger partial charge in [0.25, 0.3) is 11.8 Å². The maximum atomic E-state index is 12.6. The Hall–Kier alpha value is -3.32. The molecule has 2 amide bonds. The molecule has 1 unspecified atom stereocenters. The highest BCUT2D eigenvalue weighted by molar-refractivity contribution is 7.12. The molecule has 156 valence electrons. The van der Waals surface area contributed by atoms with Crippen LogP contribution >= 0.6 is 11.3 Å². The monoisotopic (exact) mass is 424 g/mol. The molecule has 0 radical (unpaired) electrons. The van der Waals surface area contributed by atoms with Gasteiger partial charge in [-0.3, -0.25) is 20.4 Å². The Bertz CT molecular complexity index is 997. The van der Waals surface area contributed by atoms with Gasteiger partial charge in [-0.2, -0.15) is 0 Å². The second-order valence-corrected chi connectivity index (χ2v) is 7.55. The van der Waals surface area contributed by atoms with Gasteiger partial charge in [-0.15, -0.1) is 11.3 Å². The first-order chi connectivity index (χ1) is 14.5. The van der Waals surface area contributed by atoms with E-state index in [1.807, 2.05) is 49.6 Å². The third kappa shape index (κ3) is 5.39. The van der Waals surface area contributed by atoms with Crippen LogP contribution < -0.4 is 20.3 Å². The molecule has 0 bridgehead atoms. The van der Waals surface area contributed by atoms with Crippen molar-refractivity contribution in [2.75, 3.05) is 6.61 Å². The standard InChI is InChI=1S/C23H24N2O4S/c1-4-28-18-9-11-19(12-10-18)29-16(3)22(26)24-25-23(27)21-20(13-14-30-21)17-7-5-15(2)6-8-17/h5-14,16H,4H2,1-3H3,(H,24,26)(H,25,27). The van der Waals surface area contributed by atoms with E-state index in [2.05, 4.69) is 10.9 Å². The first kappa shape index (κ1) is 21.4. The normalized spacial score (nSPS) is 11.4. The van der Waals surface area contributed by atoms with Crippen LogP contribution in [0.3, 0.4) is 0 Å². The number of benzene rings is 2. The summed E-state index contributed by atoms with van der Waals surface area (Å²) < 4.78 is 11.0. The first-order valence-electron chi connectivity index (χ1n) is 9.62. The smallest absolute Gasteiger partial charge is 0.280 e. The molecule has 7 heteroatoms. The molecular formula is C23H24N2O4S. The van der Waals surface area contributed by atoms with Gasteiger partial charge in [0.1, 0.15) is 16.4 Å². The summed E-state index contributed by atoms with van der Waals surface area (Å²) in [6.45, 7) is 6.11. The van der Waals surface area contributed by atoms with E-state index in [0.29, 0.717) is 17.2 Å². The summed E-state index contributed by atoms with van der Waals surface area (Å²) in [7, 11) is 0. The number of amides is 2. The second kappa shape index (κ2) is 9.93. The van der Waals surface area contributed by atoms with E-state index >= 15 is 0 Å². The summed E-state index contributed by atoms with van der Waals surface area (Å²) in [4.78, 5) is 25.4. The van der Waals surface area contributed by atoms with Gasteiger partial charge in [0.15, 0.2) is 6.10 Å². The maximum absolute atomic E-state index is 12.6. The fourth-order valence-corrected chi connectivity index (χ4v) is 3.57. The van der Waals surface area contributed by atoms with Crippen molar-refractivity contribution < 1.29 is 19.1 Å². The minimum absolute atomic E-state index is 0.373. The molecule has 3 aromatic rings. The van der Waals surface area contributed by atoms with Crippen LogP contribution in [0.15, 0.2) is 60.0 Å². The lowest BCUT2D eigenvalue weighted by atomic mass is 10.1. The van der Waals surface area contributed by atoms with Crippen LogP contribution in [-0.2, 0) is 4.79 Å². The Kier molecular flexibility index (Phi) is 7.08. The van der Waals surface area contributed by atoms with E-state index in [1.165, 1.54) is 11.3 Å². The van der Waals surface area contributed by atoms with Crippen molar-refractivity contribution >= 4 is 23.2 Å². The third-order valence-corrected chi connectivity index (χ3v) is 5.26. The second-order valence-electron chi connectivity index (χ2n) is 6.64. The van der Waals surface area contributed by atoms with Gasteiger partial charge in [-0.05, 0) is 62.0 Å². The summed E-state index contributed by atoms with van der Waals surface area (Å²) in [5, 5.41) is 1.85. The molecule has 30 heavy (non-hydrogen) atoms. The number of rotatable bonds is 7. The average Bonchev–Trinajstić information content (AvgIpc) is 3.24. The summed E-state index contributed by atoms with van der Waals surface area (Å²) >= 11 is 1.32. The topological polar surface area (TPSA) is 76.7 Å². The number of hydrazine groups is 1. The molecule has 0 aliphatic carbocycles. The number of carbonyl (C=O) groups is 2. The quantitative estimate of drug-likeness (QED) is 0.553. The van der Waals surface area contributed by atoms with E-state index < -0.39 is 12.0 Å². The number of ether oxygens (including phenoxy) is 2. The SMILES string of the molecule is CCOc1ccc(OC(C)C(=O)NNC(=O)c2sccc2-c2ccc(C)cc2)cc1. The predicted molar refractivity (Wildman–Crippen MR) is 118 cm³/mol. The Balaban J connectivity index is 1.56. The lowest BCUT2D eigenvalue weighted by molar-refractivity contribution is -0.128. The first-order valence-corrected chi connectivity index (χ1v) is 10.5. The molecule has 0 aliphatic heterocycles.